The van der Waals surface area contributed by atoms with Gasteiger partial charge in [0, 0.05) is 26.7 Å². The first kappa shape index (κ1) is 20.4. The fourth-order valence-electron chi connectivity index (χ4n) is 3.71. The molecule has 1 N–H and O–H groups in total. The molecule has 2 aromatic rings. The Morgan fingerprint density at radius 1 is 1.14 bits per heavy atom. The second-order valence-electron chi connectivity index (χ2n) is 7.57. The Balaban J connectivity index is 1.67. The van der Waals surface area contributed by atoms with Gasteiger partial charge in [0.05, 0.1) is 13.2 Å². The number of morpholine rings is 1. The van der Waals surface area contributed by atoms with Crippen LogP contribution in [0.25, 0.3) is 0 Å². The first-order valence-electron chi connectivity index (χ1n) is 9.92. The minimum absolute atomic E-state index is 0.0783. The van der Waals surface area contributed by atoms with Gasteiger partial charge < -0.3 is 19.9 Å². The molecule has 28 heavy (non-hydrogen) atoms. The van der Waals surface area contributed by atoms with Gasteiger partial charge in [0.25, 0.3) is 0 Å². The third kappa shape index (κ3) is 5.12. The lowest BCUT2D eigenvalue weighted by atomic mass is 10.0. The Morgan fingerprint density at radius 2 is 1.86 bits per heavy atom. The fraction of sp³-hybridized carbons (Fsp3) is 0.435. The fourth-order valence-corrected chi connectivity index (χ4v) is 3.71. The Morgan fingerprint density at radius 3 is 2.57 bits per heavy atom. The minimum atomic E-state index is 0.0783. The van der Waals surface area contributed by atoms with Crippen molar-refractivity contribution in [2.24, 2.45) is 4.99 Å². The van der Waals surface area contributed by atoms with Crippen molar-refractivity contribution >= 4 is 5.96 Å². The van der Waals surface area contributed by atoms with E-state index in [0.29, 0.717) is 6.61 Å². The second-order valence-corrected chi connectivity index (χ2v) is 7.57. The molecule has 5 nitrogen and oxygen atoms in total. The molecule has 2 aromatic carbocycles. The van der Waals surface area contributed by atoms with Gasteiger partial charge >= 0.3 is 0 Å². The molecule has 1 aliphatic rings. The van der Waals surface area contributed by atoms with E-state index in [4.69, 9.17) is 4.74 Å². The molecule has 1 saturated heterocycles. The summed E-state index contributed by atoms with van der Waals surface area (Å²) in [7, 11) is 6.05. The highest BCUT2D eigenvalue weighted by Crippen LogP contribution is 2.25. The Bertz CT molecular complexity index is 803. The van der Waals surface area contributed by atoms with E-state index < -0.39 is 0 Å². The highest BCUT2D eigenvalue weighted by atomic mass is 16.5. The van der Waals surface area contributed by atoms with Gasteiger partial charge in [0.2, 0.25) is 0 Å². The predicted octanol–water partition coefficient (Wildman–Crippen LogP) is 3.21. The monoisotopic (exact) mass is 380 g/mol. The highest BCUT2D eigenvalue weighted by Gasteiger charge is 2.25. The summed E-state index contributed by atoms with van der Waals surface area (Å²) >= 11 is 0. The summed E-state index contributed by atoms with van der Waals surface area (Å²) in [4.78, 5) is 9.03. The van der Waals surface area contributed by atoms with Gasteiger partial charge in [0.1, 0.15) is 6.10 Å². The number of aliphatic imine (C=N–C) groups is 1. The summed E-state index contributed by atoms with van der Waals surface area (Å²) in [5, 5.41) is 3.56. The SMILES string of the molecule is CN=C(NCc1ccccc1CN(C)C)N1CCOC(c2ccccc2C)C1. The van der Waals surface area contributed by atoms with Gasteiger partial charge in [-0.1, -0.05) is 48.5 Å². The normalized spacial score (nSPS) is 17.8. The zero-order valence-electron chi connectivity index (χ0n) is 17.5. The largest absolute Gasteiger partial charge is 0.370 e. The molecule has 150 valence electrons. The molecule has 1 aliphatic heterocycles. The van der Waals surface area contributed by atoms with Crippen LogP contribution in [0.2, 0.25) is 0 Å². The number of guanidine groups is 1. The minimum Gasteiger partial charge on any atom is -0.370 e. The predicted molar refractivity (Wildman–Crippen MR) is 115 cm³/mol. The van der Waals surface area contributed by atoms with Gasteiger partial charge in [-0.25, -0.2) is 0 Å². The van der Waals surface area contributed by atoms with E-state index in [0.717, 1.165) is 32.1 Å². The van der Waals surface area contributed by atoms with Gasteiger partial charge in [-0.2, -0.15) is 0 Å². The van der Waals surface area contributed by atoms with Crippen LogP contribution in [-0.4, -0.2) is 56.6 Å². The molecule has 0 bridgehead atoms. The lowest BCUT2D eigenvalue weighted by molar-refractivity contribution is -0.00834. The molecular weight excluding hydrogens is 348 g/mol. The number of hydrogen-bond donors (Lipinski definition) is 1. The number of benzene rings is 2. The van der Waals surface area contributed by atoms with E-state index in [2.05, 4.69) is 89.7 Å². The molecule has 5 heteroatoms. The Kier molecular flexibility index (Phi) is 7.06. The van der Waals surface area contributed by atoms with E-state index in [1.807, 2.05) is 7.05 Å². The van der Waals surface area contributed by atoms with E-state index in [9.17, 15) is 0 Å². The van der Waals surface area contributed by atoms with Crippen molar-refractivity contribution in [3.63, 3.8) is 0 Å². The first-order chi connectivity index (χ1) is 13.6. The molecule has 1 unspecified atom stereocenters. The van der Waals surface area contributed by atoms with Crippen LogP contribution in [0.1, 0.15) is 28.4 Å². The number of aryl methyl sites for hydroxylation is 1. The summed E-state index contributed by atoms with van der Waals surface area (Å²) in [6.45, 7) is 6.21. The summed E-state index contributed by atoms with van der Waals surface area (Å²) < 4.78 is 6.07. The maximum absolute atomic E-state index is 6.07. The van der Waals surface area contributed by atoms with Gasteiger partial charge in [-0.15, -0.1) is 0 Å². The van der Waals surface area contributed by atoms with E-state index in [1.165, 1.54) is 22.3 Å². The molecule has 3 rings (SSSR count). The molecular formula is C23H32N4O. The van der Waals surface area contributed by atoms with Crippen LogP contribution < -0.4 is 5.32 Å². The summed E-state index contributed by atoms with van der Waals surface area (Å²) in [5.74, 6) is 0.932. The lowest BCUT2D eigenvalue weighted by Crippen LogP contribution is -2.48. The smallest absolute Gasteiger partial charge is 0.194 e. The van der Waals surface area contributed by atoms with E-state index in [1.54, 1.807) is 0 Å². The van der Waals surface area contributed by atoms with Crippen LogP contribution >= 0.6 is 0 Å². The number of rotatable bonds is 5. The molecule has 0 radical (unpaired) electrons. The highest BCUT2D eigenvalue weighted by molar-refractivity contribution is 5.80. The third-order valence-corrected chi connectivity index (χ3v) is 5.16. The molecule has 0 amide bonds. The molecule has 0 aromatic heterocycles. The zero-order chi connectivity index (χ0) is 19.9. The van der Waals surface area contributed by atoms with Gasteiger partial charge in [-0.3, -0.25) is 4.99 Å². The summed E-state index contributed by atoms with van der Waals surface area (Å²) in [5.41, 5.74) is 5.19. The topological polar surface area (TPSA) is 40.1 Å². The number of hydrogen-bond acceptors (Lipinski definition) is 3. The van der Waals surface area contributed by atoms with Crippen molar-refractivity contribution in [2.75, 3.05) is 40.8 Å². The zero-order valence-corrected chi connectivity index (χ0v) is 17.5. The molecule has 0 aliphatic carbocycles. The molecule has 0 saturated carbocycles. The van der Waals surface area contributed by atoms with Crippen LogP contribution in [0.3, 0.4) is 0 Å². The molecule has 1 heterocycles. The number of nitrogens with zero attached hydrogens (tertiary/aromatic N) is 3. The first-order valence-corrected chi connectivity index (χ1v) is 9.92. The molecule has 1 atom stereocenters. The molecule has 1 fully saturated rings. The van der Waals surface area contributed by atoms with E-state index >= 15 is 0 Å². The van der Waals surface area contributed by atoms with Crippen LogP contribution in [-0.2, 0) is 17.8 Å². The quantitative estimate of drug-likeness (QED) is 0.639. The number of nitrogens with one attached hydrogen (secondary N) is 1. The number of ether oxygens (including phenoxy) is 1. The summed E-state index contributed by atoms with van der Waals surface area (Å²) in [6, 6.07) is 17.1. The van der Waals surface area contributed by atoms with Crippen molar-refractivity contribution in [1.82, 2.24) is 15.1 Å². The third-order valence-electron chi connectivity index (χ3n) is 5.16. The Labute approximate surface area is 169 Å². The second kappa shape index (κ2) is 9.71. The van der Waals surface area contributed by atoms with Crippen LogP contribution in [0, 0.1) is 6.92 Å². The summed E-state index contributed by atoms with van der Waals surface area (Å²) in [6.07, 6.45) is 0.0783. The van der Waals surface area contributed by atoms with Crippen molar-refractivity contribution < 1.29 is 4.74 Å². The average Bonchev–Trinajstić information content (AvgIpc) is 2.70. The van der Waals surface area contributed by atoms with Crippen molar-refractivity contribution in [3.8, 4) is 0 Å². The maximum atomic E-state index is 6.07. The molecule has 0 spiro atoms. The standard InChI is InChI=1S/C23H32N4O/c1-18-9-5-8-12-21(18)22-17-27(13-14-28-22)23(24-2)25-15-19-10-6-7-11-20(19)16-26(3)4/h5-12,22H,13-17H2,1-4H3,(H,24,25). The van der Waals surface area contributed by atoms with Crippen molar-refractivity contribution in [2.45, 2.75) is 26.1 Å². The van der Waals surface area contributed by atoms with Gasteiger partial charge in [-0.05, 0) is 43.3 Å². The van der Waals surface area contributed by atoms with Crippen LogP contribution in [0.15, 0.2) is 53.5 Å². The Hall–Kier alpha value is -2.37. The van der Waals surface area contributed by atoms with Gasteiger partial charge in [0.15, 0.2) is 5.96 Å². The van der Waals surface area contributed by atoms with Crippen molar-refractivity contribution in [1.29, 1.82) is 0 Å². The lowest BCUT2D eigenvalue weighted by Gasteiger charge is -2.36. The van der Waals surface area contributed by atoms with Crippen LogP contribution in [0.4, 0.5) is 0 Å². The maximum Gasteiger partial charge on any atom is 0.194 e. The van der Waals surface area contributed by atoms with E-state index in [-0.39, 0.29) is 6.10 Å². The van der Waals surface area contributed by atoms with Crippen molar-refractivity contribution in [3.05, 3.63) is 70.8 Å². The average molecular weight is 381 g/mol. The van der Waals surface area contributed by atoms with Crippen LogP contribution in [0.5, 0.6) is 0 Å².